The third-order valence-corrected chi connectivity index (χ3v) is 5.41. The summed E-state index contributed by atoms with van der Waals surface area (Å²) in [5, 5.41) is 0. The van der Waals surface area contributed by atoms with Gasteiger partial charge in [0, 0.05) is 54.5 Å². The monoisotopic (exact) mass is 336 g/mol. The molecule has 5 heteroatoms. The van der Waals surface area contributed by atoms with Gasteiger partial charge >= 0.3 is 0 Å². The summed E-state index contributed by atoms with van der Waals surface area (Å²) in [6.45, 7) is 5.84. The Bertz CT molecular complexity index is 747. The summed E-state index contributed by atoms with van der Waals surface area (Å²) >= 11 is 0. The fourth-order valence-corrected chi connectivity index (χ4v) is 3.96. The van der Waals surface area contributed by atoms with E-state index in [1.165, 1.54) is 5.56 Å². The van der Waals surface area contributed by atoms with Crippen molar-refractivity contribution in [2.75, 3.05) is 13.1 Å². The van der Waals surface area contributed by atoms with Crippen molar-refractivity contribution in [1.29, 1.82) is 0 Å². The lowest BCUT2D eigenvalue weighted by Crippen LogP contribution is -2.48. The Morgan fingerprint density at radius 2 is 1.84 bits per heavy atom. The van der Waals surface area contributed by atoms with Gasteiger partial charge in [-0.25, -0.2) is 0 Å². The van der Waals surface area contributed by atoms with E-state index in [2.05, 4.69) is 41.8 Å². The summed E-state index contributed by atoms with van der Waals surface area (Å²) in [6.07, 6.45) is 1.81. The van der Waals surface area contributed by atoms with E-state index in [9.17, 15) is 4.79 Å². The van der Waals surface area contributed by atoms with Crippen molar-refractivity contribution in [3.05, 3.63) is 65.5 Å². The molecule has 2 N–H and O–H groups in total. The maximum atomic E-state index is 12.8. The van der Waals surface area contributed by atoms with Crippen molar-refractivity contribution in [1.82, 2.24) is 20.7 Å². The van der Waals surface area contributed by atoms with Gasteiger partial charge < -0.3 is 4.90 Å². The molecule has 0 spiro atoms. The van der Waals surface area contributed by atoms with Gasteiger partial charge in [0.05, 0.1) is 0 Å². The second-order valence-electron chi connectivity index (χ2n) is 7.18. The molecular weight excluding hydrogens is 312 g/mol. The molecule has 2 saturated heterocycles. The van der Waals surface area contributed by atoms with Crippen molar-refractivity contribution in [3.8, 4) is 0 Å². The van der Waals surface area contributed by atoms with Crippen molar-refractivity contribution < 1.29 is 4.79 Å². The summed E-state index contributed by atoms with van der Waals surface area (Å²) in [6, 6.07) is 14.7. The average molecular weight is 336 g/mol. The summed E-state index contributed by atoms with van der Waals surface area (Å²) < 4.78 is 0. The van der Waals surface area contributed by atoms with Gasteiger partial charge in [0.2, 0.25) is 0 Å². The lowest BCUT2D eigenvalue weighted by molar-refractivity contribution is 0.0598. The molecule has 25 heavy (non-hydrogen) atoms. The lowest BCUT2D eigenvalue weighted by Gasteiger charge is -2.39. The standard InChI is InChI=1S/C20H24N4O/c1-13-19(14(2)23-22-13)15-6-5-7-16(10-15)20(25)24-11-17(12-24)18-8-3-4-9-21-18/h3-10,13-14,17,19,22-23H,11-12H2,1-2H3. The zero-order valence-corrected chi connectivity index (χ0v) is 14.6. The number of likely N-dealkylation sites (tertiary alicyclic amines) is 1. The number of hydrazine groups is 1. The number of carbonyl (C=O) groups is 1. The van der Waals surface area contributed by atoms with Crippen LogP contribution in [0, 0.1) is 0 Å². The fraction of sp³-hybridized carbons (Fsp3) is 0.400. The molecule has 2 unspecified atom stereocenters. The zero-order valence-electron chi connectivity index (χ0n) is 14.6. The highest BCUT2D eigenvalue weighted by Gasteiger charge is 2.34. The second-order valence-corrected chi connectivity index (χ2v) is 7.18. The highest BCUT2D eigenvalue weighted by molar-refractivity contribution is 5.95. The third kappa shape index (κ3) is 3.05. The third-order valence-electron chi connectivity index (χ3n) is 5.41. The Morgan fingerprint density at radius 1 is 1.08 bits per heavy atom. The fourth-order valence-electron chi connectivity index (χ4n) is 3.96. The predicted octanol–water partition coefficient (Wildman–Crippen LogP) is 2.29. The Kier molecular flexibility index (Phi) is 4.27. The van der Waals surface area contributed by atoms with Gasteiger partial charge in [-0.1, -0.05) is 18.2 Å². The molecule has 2 aliphatic heterocycles. The first-order chi connectivity index (χ1) is 12.1. The summed E-state index contributed by atoms with van der Waals surface area (Å²) in [4.78, 5) is 19.1. The molecule has 0 bridgehead atoms. The topological polar surface area (TPSA) is 57.3 Å². The molecule has 0 radical (unpaired) electrons. The molecule has 2 aromatic rings. The van der Waals surface area contributed by atoms with E-state index in [4.69, 9.17) is 0 Å². The van der Waals surface area contributed by atoms with Gasteiger partial charge in [-0.05, 0) is 43.7 Å². The minimum Gasteiger partial charge on any atom is -0.337 e. The molecule has 3 heterocycles. The number of aromatic nitrogens is 1. The van der Waals surface area contributed by atoms with E-state index in [0.29, 0.717) is 23.9 Å². The molecule has 0 aliphatic carbocycles. The van der Waals surface area contributed by atoms with E-state index >= 15 is 0 Å². The Hall–Kier alpha value is -2.24. The molecule has 2 atom stereocenters. The van der Waals surface area contributed by atoms with Crippen molar-refractivity contribution in [2.45, 2.75) is 37.8 Å². The summed E-state index contributed by atoms with van der Waals surface area (Å²) in [5.74, 6) is 0.843. The SMILES string of the molecule is CC1NNC(C)C1c1cccc(C(=O)N2CC(c3ccccn3)C2)c1. The molecule has 0 saturated carbocycles. The van der Waals surface area contributed by atoms with Crippen LogP contribution in [0.4, 0.5) is 0 Å². The van der Waals surface area contributed by atoms with E-state index in [1.54, 1.807) is 0 Å². The first kappa shape index (κ1) is 16.2. The molecule has 2 aliphatic rings. The Morgan fingerprint density at radius 3 is 2.52 bits per heavy atom. The largest absolute Gasteiger partial charge is 0.337 e. The molecule has 130 valence electrons. The number of hydrogen-bond donors (Lipinski definition) is 2. The predicted molar refractivity (Wildman–Crippen MR) is 97.3 cm³/mol. The van der Waals surface area contributed by atoms with Crippen LogP contribution in [-0.2, 0) is 0 Å². The number of hydrogen-bond acceptors (Lipinski definition) is 4. The molecule has 5 nitrogen and oxygen atoms in total. The molecule has 1 amide bonds. The smallest absolute Gasteiger partial charge is 0.253 e. The first-order valence-electron chi connectivity index (χ1n) is 8.94. The lowest BCUT2D eigenvalue weighted by atomic mass is 9.87. The number of nitrogens with zero attached hydrogens (tertiary/aromatic N) is 2. The van der Waals surface area contributed by atoms with Crippen LogP contribution in [0.1, 0.15) is 47.3 Å². The number of carbonyl (C=O) groups excluding carboxylic acids is 1. The quantitative estimate of drug-likeness (QED) is 0.903. The highest BCUT2D eigenvalue weighted by atomic mass is 16.2. The van der Waals surface area contributed by atoms with Crippen LogP contribution in [0.5, 0.6) is 0 Å². The van der Waals surface area contributed by atoms with Crippen LogP contribution in [0.2, 0.25) is 0 Å². The zero-order chi connectivity index (χ0) is 17.4. The van der Waals surface area contributed by atoms with E-state index < -0.39 is 0 Å². The van der Waals surface area contributed by atoms with E-state index in [-0.39, 0.29) is 5.91 Å². The van der Waals surface area contributed by atoms with Gasteiger partial charge in [-0.2, -0.15) is 0 Å². The van der Waals surface area contributed by atoms with Crippen LogP contribution in [0.3, 0.4) is 0 Å². The number of pyridine rings is 1. The van der Waals surface area contributed by atoms with Gasteiger partial charge in [0.1, 0.15) is 0 Å². The van der Waals surface area contributed by atoms with Crippen LogP contribution in [0.15, 0.2) is 48.7 Å². The van der Waals surface area contributed by atoms with Gasteiger partial charge in [0.25, 0.3) is 5.91 Å². The molecule has 1 aromatic heterocycles. The minimum absolute atomic E-state index is 0.119. The van der Waals surface area contributed by atoms with Crippen LogP contribution in [0.25, 0.3) is 0 Å². The van der Waals surface area contributed by atoms with E-state index in [1.807, 2.05) is 41.4 Å². The average Bonchev–Trinajstić information content (AvgIpc) is 2.93. The number of rotatable bonds is 3. The number of nitrogens with one attached hydrogen (secondary N) is 2. The van der Waals surface area contributed by atoms with Crippen molar-refractivity contribution >= 4 is 5.91 Å². The van der Waals surface area contributed by atoms with Gasteiger partial charge in [-0.3, -0.25) is 20.6 Å². The molecule has 2 fully saturated rings. The normalized spacial score (nSPS) is 26.5. The van der Waals surface area contributed by atoms with Gasteiger partial charge in [0.15, 0.2) is 0 Å². The number of benzene rings is 1. The summed E-state index contributed by atoms with van der Waals surface area (Å²) in [5.41, 5.74) is 9.64. The maximum absolute atomic E-state index is 12.8. The first-order valence-corrected chi connectivity index (χ1v) is 8.94. The minimum atomic E-state index is 0.119. The maximum Gasteiger partial charge on any atom is 0.253 e. The van der Waals surface area contributed by atoms with Gasteiger partial charge in [-0.15, -0.1) is 0 Å². The van der Waals surface area contributed by atoms with Crippen LogP contribution in [-0.4, -0.2) is 41.0 Å². The summed E-state index contributed by atoms with van der Waals surface area (Å²) in [7, 11) is 0. The van der Waals surface area contributed by atoms with Crippen LogP contribution < -0.4 is 10.9 Å². The molecule has 1 aromatic carbocycles. The van der Waals surface area contributed by atoms with Crippen molar-refractivity contribution in [3.63, 3.8) is 0 Å². The van der Waals surface area contributed by atoms with Crippen molar-refractivity contribution in [2.24, 2.45) is 0 Å². The highest BCUT2D eigenvalue weighted by Crippen LogP contribution is 2.30. The Labute approximate surface area is 148 Å². The van der Waals surface area contributed by atoms with Crippen LogP contribution >= 0.6 is 0 Å². The Balaban J connectivity index is 1.46. The number of amides is 1. The second kappa shape index (κ2) is 6.58. The van der Waals surface area contributed by atoms with E-state index in [0.717, 1.165) is 24.3 Å². The molecular formula is C20H24N4O. The molecule has 4 rings (SSSR count).